The number of carbonyl (C=O) groups is 3. The number of aliphatic hydroxyl groups is 1. The molecule has 176 valence electrons. The van der Waals surface area contributed by atoms with Gasteiger partial charge in [0.05, 0.1) is 6.61 Å². The number of ether oxygens (including phenoxy) is 1. The Labute approximate surface area is 193 Å². The Hall–Kier alpha value is -3.39. The summed E-state index contributed by atoms with van der Waals surface area (Å²) < 4.78 is 5.57. The number of benzene rings is 2. The minimum absolute atomic E-state index is 0.0829. The molecule has 0 radical (unpaired) electrons. The van der Waals surface area contributed by atoms with E-state index >= 15 is 0 Å². The fourth-order valence-electron chi connectivity index (χ4n) is 3.98. The summed E-state index contributed by atoms with van der Waals surface area (Å²) in [6.45, 7) is 5.00. The van der Waals surface area contributed by atoms with Gasteiger partial charge >= 0.3 is 12.1 Å². The number of aliphatic carboxylic acids is 1. The van der Waals surface area contributed by atoms with Crippen LogP contribution in [0.15, 0.2) is 48.5 Å². The molecule has 1 aliphatic rings. The first-order chi connectivity index (χ1) is 15.6. The Morgan fingerprint density at radius 2 is 1.52 bits per heavy atom. The molecule has 1 unspecified atom stereocenters. The molecular formula is C25H30N2O6. The zero-order valence-electron chi connectivity index (χ0n) is 19.0. The van der Waals surface area contributed by atoms with Crippen LogP contribution in [0.2, 0.25) is 0 Å². The molecule has 8 heteroatoms. The highest BCUT2D eigenvalue weighted by Gasteiger charge is 2.32. The number of hydrogen-bond donors (Lipinski definition) is 4. The predicted molar refractivity (Wildman–Crippen MR) is 123 cm³/mol. The summed E-state index contributed by atoms with van der Waals surface area (Å²) in [4.78, 5) is 36.0. The Bertz CT molecular complexity index is 984. The average Bonchev–Trinajstić information content (AvgIpc) is 3.08. The van der Waals surface area contributed by atoms with Gasteiger partial charge in [0.15, 0.2) is 0 Å². The molecular weight excluding hydrogens is 424 g/mol. The van der Waals surface area contributed by atoms with E-state index in [1.807, 2.05) is 57.2 Å². The van der Waals surface area contributed by atoms with Gasteiger partial charge in [-0.05, 0) is 27.7 Å². The normalized spacial score (nSPS) is 14.5. The molecule has 2 amide bonds. The summed E-state index contributed by atoms with van der Waals surface area (Å²) in [5.74, 6) is -2.00. The van der Waals surface area contributed by atoms with E-state index in [0.717, 1.165) is 22.3 Å². The quantitative estimate of drug-likeness (QED) is 0.486. The molecule has 0 aromatic heterocycles. The lowest BCUT2D eigenvalue weighted by Crippen LogP contribution is -2.50. The lowest BCUT2D eigenvalue weighted by molar-refractivity contribution is -0.143. The van der Waals surface area contributed by atoms with Gasteiger partial charge < -0.3 is 25.6 Å². The molecule has 8 nitrogen and oxygen atoms in total. The topological polar surface area (TPSA) is 125 Å². The number of hydrogen-bond acceptors (Lipinski definition) is 5. The van der Waals surface area contributed by atoms with Crippen LogP contribution in [0.25, 0.3) is 11.1 Å². The van der Waals surface area contributed by atoms with Crippen molar-refractivity contribution in [1.29, 1.82) is 0 Å². The van der Waals surface area contributed by atoms with Crippen molar-refractivity contribution in [3.05, 3.63) is 59.7 Å². The molecule has 4 N–H and O–H groups in total. The number of carboxylic acid groups (broad SMARTS) is 1. The fraction of sp³-hybridized carbons (Fsp3) is 0.400. The van der Waals surface area contributed by atoms with Gasteiger partial charge in [0.1, 0.15) is 12.6 Å². The second-order valence-corrected chi connectivity index (χ2v) is 9.23. The van der Waals surface area contributed by atoms with Crippen LogP contribution in [0.4, 0.5) is 4.79 Å². The van der Waals surface area contributed by atoms with Gasteiger partial charge in [0.25, 0.3) is 0 Å². The third-order valence-electron chi connectivity index (χ3n) is 5.89. The van der Waals surface area contributed by atoms with Gasteiger partial charge in [-0.2, -0.15) is 0 Å². The molecule has 3 rings (SSSR count). The molecule has 0 spiro atoms. The Kier molecular flexibility index (Phi) is 7.38. The molecule has 2 atom stereocenters. The highest BCUT2D eigenvalue weighted by Crippen LogP contribution is 2.44. The number of carboxylic acids is 1. The SMILES string of the molecule is CC(C)(C)C(CC(=O)N[C@@H](CO)C(=O)O)NC(=O)OCC1c2ccccc2-c2ccccc21. The summed E-state index contributed by atoms with van der Waals surface area (Å²) in [5, 5.41) is 23.1. The summed E-state index contributed by atoms with van der Waals surface area (Å²) in [6, 6.07) is 14.1. The molecule has 33 heavy (non-hydrogen) atoms. The van der Waals surface area contributed by atoms with E-state index in [4.69, 9.17) is 14.9 Å². The standard InChI is InChI=1S/C25H30N2O6/c1-25(2,3)21(12-22(29)26-20(13-28)23(30)31)27-24(32)33-14-19-17-10-6-4-8-15(17)16-9-5-7-11-18(16)19/h4-11,19-21,28H,12-14H2,1-3H3,(H,26,29)(H,27,32)(H,30,31)/t20-,21?/m0/s1. The lowest BCUT2D eigenvalue weighted by atomic mass is 9.84. The van der Waals surface area contributed by atoms with Crippen LogP contribution in [-0.4, -0.2) is 53.5 Å². The van der Waals surface area contributed by atoms with E-state index in [1.165, 1.54) is 0 Å². The molecule has 0 aliphatic heterocycles. The highest BCUT2D eigenvalue weighted by atomic mass is 16.5. The number of rotatable bonds is 8. The summed E-state index contributed by atoms with van der Waals surface area (Å²) in [6.07, 6.45) is -0.807. The van der Waals surface area contributed by atoms with Gasteiger partial charge in [-0.25, -0.2) is 9.59 Å². The smallest absolute Gasteiger partial charge is 0.407 e. The van der Waals surface area contributed by atoms with Crippen LogP contribution in [0.3, 0.4) is 0 Å². The van der Waals surface area contributed by atoms with Crippen molar-refractivity contribution in [2.45, 2.75) is 45.2 Å². The lowest BCUT2D eigenvalue weighted by Gasteiger charge is -2.31. The van der Waals surface area contributed by atoms with E-state index in [2.05, 4.69) is 22.8 Å². The number of amides is 2. The molecule has 1 aliphatic carbocycles. The minimum atomic E-state index is -1.40. The van der Waals surface area contributed by atoms with E-state index in [1.54, 1.807) is 0 Å². The maximum atomic E-state index is 12.6. The van der Waals surface area contributed by atoms with E-state index < -0.39 is 42.1 Å². The largest absolute Gasteiger partial charge is 0.480 e. The van der Waals surface area contributed by atoms with Gasteiger partial charge in [0, 0.05) is 18.4 Å². The van der Waals surface area contributed by atoms with Crippen molar-refractivity contribution < 1.29 is 29.3 Å². The van der Waals surface area contributed by atoms with Crippen molar-refractivity contribution in [3.8, 4) is 11.1 Å². The number of aliphatic hydroxyl groups excluding tert-OH is 1. The van der Waals surface area contributed by atoms with Crippen LogP contribution < -0.4 is 10.6 Å². The van der Waals surface area contributed by atoms with Crippen molar-refractivity contribution in [1.82, 2.24) is 10.6 Å². The maximum absolute atomic E-state index is 12.6. The van der Waals surface area contributed by atoms with Crippen LogP contribution in [0, 0.1) is 5.41 Å². The first-order valence-corrected chi connectivity index (χ1v) is 10.9. The summed E-state index contributed by atoms with van der Waals surface area (Å²) in [5.41, 5.74) is 3.95. The average molecular weight is 455 g/mol. The summed E-state index contributed by atoms with van der Waals surface area (Å²) >= 11 is 0. The Morgan fingerprint density at radius 1 is 0.970 bits per heavy atom. The van der Waals surface area contributed by atoms with Crippen LogP contribution >= 0.6 is 0 Å². The molecule has 0 fully saturated rings. The number of nitrogens with one attached hydrogen (secondary N) is 2. The first-order valence-electron chi connectivity index (χ1n) is 10.9. The monoisotopic (exact) mass is 454 g/mol. The fourth-order valence-corrected chi connectivity index (χ4v) is 3.98. The third-order valence-corrected chi connectivity index (χ3v) is 5.89. The molecule has 0 bridgehead atoms. The maximum Gasteiger partial charge on any atom is 0.407 e. The number of fused-ring (bicyclic) bond motifs is 3. The Balaban J connectivity index is 1.65. The predicted octanol–water partition coefficient (Wildman–Crippen LogP) is 2.89. The summed E-state index contributed by atoms with van der Waals surface area (Å²) in [7, 11) is 0. The second-order valence-electron chi connectivity index (χ2n) is 9.23. The van der Waals surface area contributed by atoms with E-state index in [0.29, 0.717) is 0 Å². The minimum Gasteiger partial charge on any atom is -0.480 e. The number of carbonyl (C=O) groups excluding carboxylic acids is 2. The van der Waals surface area contributed by atoms with Crippen LogP contribution in [0.1, 0.15) is 44.2 Å². The van der Waals surface area contributed by atoms with Gasteiger partial charge in [0.2, 0.25) is 5.91 Å². The number of alkyl carbamates (subject to hydrolysis) is 1. The molecule has 0 heterocycles. The molecule has 0 saturated carbocycles. The third kappa shape index (κ3) is 5.70. The Morgan fingerprint density at radius 3 is 2.00 bits per heavy atom. The second kappa shape index (κ2) is 10.0. The van der Waals surface area contributed by atoms with Gasteiger partial charge in [-0.1, -0.05) is 69.3 Å². The molecule has 2 aromatic carbocycles. The van der Waals surface area contributed by atoms with Crippen LogP contribution in [-0.2, 0) is 14.3 Å². The van der Waals surface area contributed by atoms with Crippen molar-refractivity contribution >= 4 is 18.0 Å². The molecule has 0 saturated heterocycles. The van der Waals surface area contributed by atoms with Crippen LogP contribution in [0.5, 0.6) is 0 Å². The van der Waals surface area contributed by atoms with E-state index in [9.17, 15) is 14.4 Å². The van der Waals surface area contributed by atoms with Gasteiger partial charge in [-0.3, -0.25) is 4.79 Å². The van der Waals surface area contributed by atoms with Crippen molar-refractivity contribution in [2.24, 2.45) is 5.41 Å². The highest BCUT2D eigenvalue weighted by molar-refractivity contribution is 5.84. The molecule has 2 aromatic rings. The zero-order valence-corrected chi connectivity index (χ0v) is 19.0. The van der Waals surface area contributed by atoms with Gasteiger partial charge in [-0.15, -0.1) is 0 Å². The van der Waals surface area contributed by atoms with E-state index in [-0.39, 0.29) is 18.9 Å². The van der Waals surface area contributed by atoms with Crippen molar-refractivity contribution in [2.75, 3.05) is 13.2 Å². The van der Waals surface area contributed by atoms with Crippen molar-refractivity contribution in [3.63, 3.8) is 0 Å². The first kappa shape index (κ1) is 24.3. The zero-order chi connectivity index (χ0) is 24.2.